The van der Waals surface area contributed by atoms with Gasteiger partial charge in [0.2, 0.25) is 5.82 Å². The summed E-state index contributed by atoms with van der Waals surface area (Å²) >= 11 is 1.62. The third kappa shape index (κ3) is 2.08. The standard InChI is InChI=1S/C9H7N5S/c1-6-2-3-8(15-6)4-7(5-10)9-11-13-14-12-9/h2-4H,1H3,(H,11,12,13,14)/b7-4+. The van der Waals surface area contributed by atoms with E-state index >= 15 is 0 Å². The van der Waals surface area contributed by atoms with Crippen molar-refractivity contribution in [1.29, 1.82) is 5.26 Å². The topological polar surface area (TPSA) is 78.2 Å². The van der Waals surface area contributed by atoms with Crippen molar-refractivity contribution in [3.63, 3.8) is 0 Å². The molecule has 0 saturated heterocycles. The first kappa shape index (κ1) is 9.55. The Kier molecular flexibility index (Phi) is 2.56. The van der Waals surface area contributed by atoms with Crippen molar-refractivity contribution in [2.45, 2.75) is 6.92 Å². The van der Waals surface area contributed by atoms with Crippen molar-refractivity contribution in [3.05, 3.63) is 27.7 Å². The Bertz CT molecular complexity index is 517. The molecule has 6 heteroatoms. The lowest BCUT2D eigenvalue weighted by molar-refractivity contribution is 0.881. The van der Waals surface area contributed by atoms with Gasteiger partial charge in [-0.1, -0.05) is 0 Å². The summed E-state index contributed by atoms with van der Waals surface area (Å²) in [6, 6.07) is 6.00. The molecule has 2 aromatic heterocycles. The first-order valence-corrected chi connectivity index (χ1v) is 5.03. The predicted octanol–water partition coefficient (Wildman–Crippen LogP) is 1.63. The summed E-state index contributed by atoms with van der Waals surface area (Å²) in [5.41, 5.74) is 0.408. The summed E-state index contributed by atoms with van der Waals surface area (Å²) in [5, 5.41) is 22.2. The van der Waals surface area contributed by atoms with E-state index in [0.717, 1.165) is 4.88 Å². The fourth-order valence-corrected chi connectivity index (χ4v) is 1.92. The molecule has 0 saturated carbocycles. The second kappa shape index (κ2) is 4.02. The van der Waals surface area contributed by atoms with Gasteiger partial charge in [-0.3, -0.25) is 0 Å². The highest BCUT2D eigenvalue weighted by molar-refractivity contribution is 7.12. The molecule has 0 aromatic carbocycles. The van der Waals surface area contributed by atoms with E-state index in [1.54, 1.807) is 17.4 Å². The molecule has 2 aromatic rings. The zero-order valence-corrected chi connectivity index (χ0v) is 8.75. The van der Waals surface area contributed by atoms with E-state index in [4.69, 9.17) is 5.26 Å². The van der Waals surface area contributed by atoms with Crippen LogP contribution in [0.1, 0.15) is 15.6 Å². The smallest absolute Gasteiger partial charge is 0.192 e. The normalized spacial score (nSPS) is 11.3. The van der Waals surface area contributed by atoms with Gasteiger partial charge in [0.15, 0.2) is 0 Å². The summed E-state index contributed by atoms with van der Waals surface area (Å²) in [4.78, 5) is 2.21. The van der Waals surface area contributed by atoms with Gasteiger partial charge >= 0.3 is 0 Å². The zero-order valence-electron chi connectivity index (χ0n) is 7.93. The van der Waals surface area contributed by atoms with Crippen LogP contribution in [0, 0.1) is 18.3 Å². The summed E-state index contributed by atoms with van der Waals surface area (Å²) in [7, 11) is 0. The maximum atomic E-state index is 8.93. The van der Waals surface area contributed by atoms with Crippen molar-refractivity contribution < 1.29 is 0 Å². The summed E-state index contributed by atoms with van der Waals surface area (Å²) in [5.74, 6) is 0.323. The number of hydrogen-bond donors (Lipinski definition) is 1. The maximum Gasteiger partial charge on any atom is 0.215 e. The van der Waals surface area contributed by atoms with Crippen LogP contribution in [-0.4, -0.2) is 20.6 Å². The number of rotatable bonds is 2. The molecule has 0 spiro atoms. The van der Waals surface area contributed by atoms with Crippen molar-refractivity contribution >= 4 is 23.0 Å². The van der Waals surface area contributed by atoms with Crippen LogP contribution >= 0.6 is 11.3 Å². The molecule has 0 aliphatic heterocycles. The third-order valence-corrected chi connectivity index (χ3v) is 2.70. The molecule has 2 heterocycles. The number of allylic oxidation sites excluding steroid dienone is 1. The van der Waals surface area contributed by atoms with E-state index in [1.165, 1.54) is 4.88 Å². The second-order valence-corrected chi connectivity index (χ2v) is 4.17. The Morgan fingerprint density at radius 1 is 1.60 bits per heavy atom. The minimum atomic E-state index is 0.323. The van der Waals surface area contributed by atoms with Gasteiger partial charge in [-0.05, 0) is 30.3 Å². The van der Waals surface area contributed by atoms with Gasteiger partial charge in [-0.15, -0.1) is 21.5 Å². The molecular weight excluding hydrogens is 210 g/mol. The van der Waals surface area contributed by atoms with Crippen molar-refractivity contribution in [2.24, 2.45) is 0 Å². The van der Waals surface area contributed by atoms with E-state index in [-0.39, 0.29) is 0 Å². The molecule has 5 nitrogen and oxygen atoms in total. The highest BCUT2D eigenvalue weighted by Gasteiger charge is 2.06. The molecular formula is C9H7N5S. The molecule has 0 bridgehead atoms. The Hall–Kier alpha value is -2.00. The van der Waals surface area contributed by atoms with Crippen LogP contribution in [-0.2, 0) is 0 Å². The van der Waals surface area contributed by atoms with E-state index in [0.29, 0.717) is 11.4 Å². The highest BCUT2D eigenvalue weighted by atomic mass is 32.1. The van der Waals surface area contributed by atoms with Crippen LogP contribution in [0.25, 0.3) is 11.6 Å². The average molecular weight is 217 g/mol. The number of hydrogen-bond acceptors (Lipinski definition) is 5. The monoisotopic (exact) mass is 217 g/mol. The van der Waals surface area contributed by atoms with Crippen LogP contribution in [0.3, 0.4) is 0 Å². The molecule has 0 radical (unpaired) electrons. The lowest BCUT2D eigenvalue weighted by Gasteiger charge is -1.88. The lowest BCUT2D eigenvalue weighted by Crippen LogP contribution is -1.84. The molecule has 0 amide bonds. The molecule has 0 aliphatic carbocycles. The van der Waals surface area contributed by atoms with Crippen LogP contribution < -0.4 is 0 Å². The van der Waals surface area contributed by atoms with Crippen LogP contribution in [0.4, 0.5) is 0 Å². The quantitative estimate of drug-likeness (QED) is 0.775. The average Bonchev–Trinajstić information content (AvgIpc) is 2.85. The van der Waals surface area contributed by atoms with Gasteiger partial charge in [-0.2, -0.15) is 10.5 Å². The first-order chi connectivity index (χ1) is 7.29. The number of nitrogens with one attached hydrogen (secondary N) is 1. The Labute approximate surface area is 90.1 Å². The lowest BCUT2D eigenvalue weighted by atomic mass is 10.2. The summed E-state index contributed by atoms with van der Waals surface area (Å²) < 4.78 is 0. The Morgan fingerprint density at radius 2 is 2.47 bits per heavy atom. The van der Waals surface area contributed by atoms with E-state index in [9.17, 15) is 0 Å². The number of H-pyrrole nitrogens is 1. The van der Waals surface area contributed by atoms with Crippen LogP contribution in [0.15, 0.2) is 12.1 Å². The minimum absolute atomic E-state index is 0.323. The SMILES string of the molecule is Cc1ccc(/C=C(\C#N)c2nn[nH]n2)s1. The summed E-state index contributed by atoms with van der Waals surface area (Å²) in [6.07, 6.45) is 1.75. The van der Waals surface area contributed by atoms with Crippen molar-refractivity contribution in [2.75, 3.05) is 0 Å². The number of nitriles is 1. The molecule has 0 fully saturated rings. The van der Waals surface area contributed by atoms with Crippen molar-refractivity contribution in [1.82, 2.24) is 20.6 Å². The summed E-state index contributed by atoms with van der Waals surface area (Å²) in [6.45, 7) is 2.02. The maximum absolute atomic E-state index is 8.93. The zero-order chi connectivity index (χ0) is 10.7. The molecule has 1 N–H and O–H groups in total. The van der Waals surface area contributed by atoms with E-state index in [2.05, 4.69) is 20.6 Å². The van der Waals surface area contributed by atoms with Crippen LogP contribution in [0.2, 0.25) is 0 Å². The number of tetrazole rings is 1. The number of thiophene rings is 1. The van der Waals surface area contributed by atoms with Crippen molar-refractivity contribution in [3.8, 4) is 6.07 Å². The minimum Gasteiger partial charge on any atom is -0.192 e. The molecule has 0 unspecified atom stereocenters. The molecule has 15 heavy (non-hydrogen) atoms. The third-order valence-electron chi connectivity index (χ3n) is 1.75. The van der Waals surface area contributed by atoms with E-state index < -0.39 is 0 Å². The fourth-order valence-electron chi connectivity index (χ4n) is 1.10. The second-order valence-electron chi connectivity index (χ2n) is 2.85. The first-order valence-electron chi connectivity index (χ1n) is 4.21. The number of aromatic amines is 1. The Balaban J connectivity index is 2.36. The Morgan fingerprint density at radius 3 is 3.00 bits per heavy atom. The fraction of sp³-hybridized carbons (Fsp3) is 0.111. The molecule has 74 valence electrons. The van der Waals surface area contributed by atoms with Gasteiger partial charge in [0.1, 0.15) is 11.6 Å². The predicted molar refractivity (Wildman–Crippen MR) is 56.7 cm³/mol. The highest BCUT2D eigenvalue weighted by Crippen LogP contribution is 2.20. The van der Waals surface area contributed by atoms with Gasteiger partial charge in [-0.25, -0.2) is 0 Å². The van der Waals surface area contributed by atoms with Crippen LogP contribution in [0.5, 0.6) is 0 Å². The van der Waals surface area contributed by atoms with Gasteiger partial charge < -0.3 is 0 Å². The van der Waals surface area contributed by atoms with Gasteiger partial charge in [0.05, 0.1) is 0 Å². The number of nitrogens with zero attached hydrogens (tertiary/aromatic N) is 4. The number of aryl methyl sites for hydroxylation is 1. The molecule has 0 aliphatic rings. The van der Waals surface area contributed by atoms with Gasteiger partial charge in [0, 0.05) is 9.75 Å². The largest absolute Gasteiger partial charge is 0.215 e. The molecule has 2 rings (SSSR count). The van der Waals surface area contributed by atoms with E-state index in [1.807, 2.05) is 25.1 Å². The molecule has 0 atom stereocenters. The number of aromatic nitrogens is 4. The van der Waals surface area contributed by atoms with Gasteiger partial charge in [0.25, 0.3) is 0 Å².